The van der Waals surface area contributed by atoms with Crippen LogP contribution in [0.4, 0.5) is 0 Å². The number of halogens is 2. The summed E-state index contributed by atoms with van der Waals surface area (Å²) in [6.07, 6.45) is 0. The maximum Gasteiger partial charge on any atom is 0.253 e. The molecule has 3 nitrogen and oxygen atoms in total. The second-order valence-corrected chi connectivity index (χ2v) is 4.57. The van der Waals surface area contributed by atoms with Crippen molar-refractivity contribution >= 4 is 63.0 Å². The third kappa shape index (κ3) is 3.75. The molecule has 7 heteroatoms. The molecule has 67 valence electrons. The molecule has 1 rings (SSSR count). The van der Waals surface area contributed by atoms with Crippen LogP contribution in [0.25, 0.3) is 0 Å². The van der Waals surface area contributed by atoms with Gasteiger partial charge in [-0.3, -0.25) is 0 Å². The van der Waals surface area contributed by atoms with Crippen LogP contribution in [0.5, 0.6) is 0 Å². The first kappa shape index (κ1) is 13.7. The fourth-order valence-corrected chi connectivity index (χ4v) is 1.64. The van der Waals surface area contributed by atoms with Crippen LogP contribution < -0.4 is 4.24 Å². The predicted octanol–water partition coefficient (Wildman–Crippen LogP) is 1.39. The molecule has 0 fully saturated rings. The molecule has 0 aliphatic carbocycles. The third-order valence-corrected chi connectivity index (χ3v) is 3.18. The van der Waals surface area contributed by atoms with Crippen LogP contribution in [0.15, 0.2) is 29.2 Å². The molecule has 13 heavy (non-hydrogen) atoms. The first-order valence-electron chi connectivity index (χ1n) is 2.94. The zero-order chi connectivity index (χ0) is 9.19. The van der Waals surface area contributed by atoms with E-state index in [0.717, 1.165) is 0 Å². The van der Waals surface area contributed by atoms with E-state index >= 15 is 0 Å². The van der Waals surface area contributed by atoms with E-state index in [1.165, 1.54) is 24.3 Å². The first-order valence-corrected chi connectivity index (χ1v) is 5.18. The van der Waals surface area contributed by atoms with Gasteiger partial charge in [-0.1, -0.05) is 11.6 Å². The van der Waals surface area contributed by atoms with Crippen molar-refractivity contribution in [3.05, 3.63) is 29.3 Å². The molecule has 1 radical (unpaired) electrons. The molecule has 1 aromatic carbocycles. The minimum Gasteiger partial charge on any atom is -0.206 e. The van der Waals surface area contributed by atoms with Crippen LogP contribution >= 0.6 is 23.4 Å². The summed E-state index contributed by atoms with van der Waals surface area (Å²) in [5, 5.41) is 0.475. The maximum atomic E-state index is 11.0. The van der Waals surface area contributed by atoms with E-state index in [-0.39, 0.29) is 34.5 Å². The van der Waals surface area contributed by atoms with Crippen molar-refractivity contribution in [3.63, 3.8) is 0 Å². The second-order valence-electron chi connectivity index (χ2n) is 2.03. The SMILES string of the molecule is O=S(=O)(NCl)c1ccc(Cl)cc1.[Na]. The number of hydrogen-bond donors (Lipinski definition) is 1. The molecule has 0 aliphatic rings. The minimum atomic E-state index is -3.56. The number of rotatable bonds is 2. The summed E-state index contributed by atoms with van der Waals surface area (Å²) >= 11 is 10.6. The molecule has 1 N–H and O–H groups in total. The van der Waals surface area contributed by atoms with Gasteiger partial charge in [0.05, 0.1) is 4.90 Å². The Bertz CT molecular complexity index is 365. The van der Waals surface area contributed by atoms with Gasteiger partial charge in [-0.2, -0.15) is 0 Å². The molecule has 0 bridgehead atoms. The Kier molecular flexibility index (Phi) is 5.86. The van der Waals surface area contributed by atoms with Gasteiger partial charge in [0.25, 0.3) is 10.0 Å². The van der Waals surface area contributed by atoms with Gasteiger partial charge in [-0.15, -0.1) is 4.24 Å². The summed E-state index contributed by atoms with van der Waals surface area (Å²) in [4.78, 5) is 0.0851. The molecule has 0 saturated heterocycles. The Hall–Kier alpha value is 0.710. The summed E-state index contributed by atoms with van der Waals surface area (Å²) in [6, 6.07) is 5.69. The van der Waals surface area contributed by atoms with E-state index in [1.807, 2.05) is 0 Å². The van der Waals surface area contributed by atoms with Crippen LogP contribution in [-0.4, -0.2) is 38.0 Å². The minimum absolute atomic E-state index is 0. The molecule has 0 saturated carbocycles. The molecule has 0 unspecified atom stereocenters. The Morgan fingerprint density at radius 3 is 2.00 bits per heavy atom. The standard InChI is InChI=1S/C6H5Cl2NO2S.Na/c7-5-1-3-6(4-2-5)12(10,11)9-8;/h1-4,9H;. The van der Waals surface area contributed by atoms with E-state index in [1.54, 1.807) is 4.24 Å². The van der Waals surface area contributed by atoms with Gasteiger partial charge in [0.15, 0.2) is 0 Å². The monoisotopic (exact) mass is 248 g/mol. The van der Waals surface area contributed by atoms with Crippen LogP contribution in [0.3, 0.4) is 0 Å². The molecule has 0 heterocycles. The number of nitrogens with one attached hydrogen (secondary N) is 1. The molecular weight excluding hydrogens is 244 g/mol. The summed E-state index contributed by atoms with van der Waals surface area (Å²) in [5.41, 5.74) is 0. The smallest absolute Gasteiger partial charge is 0.206 e. The van der Waals surface area contributed by atoms with Crippen molar-refractivity contribution in [1.29, 1.82) is 0 Å². The van der Waals surface area contributed by atoms with E-state index in [4.69, 9.17) is 23.4 Å². The molecule has 0 spiro atoms. The van der Waals surface area contributed by atoms with Gasteiger partial charge in [0, 0.05) is 34.6 Å². The van der Waals surface area contributed by atoms with Crippen molar-refractivity contribution in [3.8, 4) is 0 Å². The van der Waals surface area contributed by atoms with Crippen molar-refractivity contribution in [2.75, 3.05) is 0 Å². The average molecular weight is 249 g/mol. The molecule has 0 amide bonds. The van der Waals surface area contributed by atoms with Crippen LogP contribution in [-0.2, 0) is 10.0 Å². The number of benzene rings is 1. The zero-order valence-electron chi connectivity index (χ0n) is 6.79. The van der Waals surface area contributed by atoms with E-state index in [2.05, 4.69) is 0 Å². The fraction of sp³-hybridized carbons (Fsp3) is 0. The summed E-state index contributed by atoms with van der Waals surface area (Å²) < 4.78 is 23.7. The van der Waals surface area contributed by atoms with E-state index in [0.29, 0.717) is 5.02 Å². The second kappa shape index (κ2) is 5.56. The van der Waals surface area contributed by atoms with Gasteiger partial charge >= 0.3 is 0 Å². The van der Waals surface area contributed by atoms with Crippen molar-refractivity contribution in [1.82, 2.24) is 4.24 Å². The molecule has 0 aromatic heterocycles. The molecule has 0 aliphatic heterocycles. The van der Waals surface area contributed by atoms with Gasteiger partial charge in [-0.25, -0.2) is 8.42 Å². The summed E-state index contributed by atoms with van der Waals surface area (Å²) in [5.74, 6) is 0. The Morgan fingerprint density at radius 2 is 1.62 bits per heavy atom. The topological polar surface area (TPSA) is 46.2 Å². The van der Waals surface area contributed by atoms with E-state index < -0.39 is 10.0 Å². The van der Waals surface area contributed by atoms with Crippen molar-refractivity contribution in [2.45, 2.75) is 4.90 Å². The average Bonchev–Trinajstić information content (AvgIpc) is 2.05. The fourth-order valence-electron chi connectivity index (χ4n) is 0.658. The van der Waals surface area contributed by atoms with Crippen molar-refractivity contribution < 1.29 is 8.42 Å². The van der Waals surface area contributed by atoms with Crippen molar-refractivity contribution in [2.24, 2.45) is 0 Å². The molecule has 0 atom stereocenters. The largest absolute Gasteiger partial charge is 0.253 e. The number of hydrogen-bond acceptors (Lipinski definition) is 2. The predicted molar refractivity (Wildman–Crippen MR) is 53.4 cm³/mol. The van der Waals surface area contributed by atoms with Gasteiger partial charge < -0.3 is 0 Å². The van der Waals surface area contributed by atoms with Crippen LogP contribution in [0.2, 0.25) is 5.02 Å². The third-order valence-electron chi connectivity index (χ3n) is 1.23. The number of sulfonamides is 1. The molecule has 1 aromatic rings. The first-order chi connectivity index (χ1) is 5.56. The molecular formula is C6H5Cl2NNaO2S. The Labute approximate surface area is 109 Å². The van der Waals surface area contributed by atoms with Crippen LogP contribution in [0, 0.1) is 0 Å². The Balaban J connectivity index is 0.00000144. The summed E-state index contributed by atoms with van der Waals surface area (Å²) in [6.45, 7) is 0. The normalized spacial score (nSPS) is 10.6. The quantitative estimate of drug-likeness (QED) is 0.636. The van der Waals surface area contributed by atoms with Crippen LogP contribution in [0.1, 0.15) is 0 Å². The maximum absolute atomic E-state index is 11.0. The van der Waals surface area contributed by atoms with Gasteiger partial charge in [0.1, 0.15) is 0 Å². The zero-order valence-corrected chi connectivity index (χ0v) is 11.1. The van der Waals surface area contributed by atoms with Gasteiger partial charge in [-0.05, 0) is 36.0 Å². The Morgan fingerprint density at radius 1 is 1.15 bits per heavy atom. The van der Waals surface area contributed by atoms with Gasteiger partial charge in [0.2, 0.25) is 0 Å². The van der Waals surface area contributed by atoms with E-state index in [9.17, 15) is 8.42 Å². The summed E-state index contributed by atoms with van der Waals surface area (Å²) in [7, 11) is -3.56.